The summed E-state index contributed by atoms with van der Waals surface area (Å²) in [5.74, 6) is -3.90. The third kappa shape index (κ3) is 10.2. The molecule has 0 aromatic carbocycles. The van der Waals surface area contributed by atoms with E-state index in [0.29, 0.717) is 19.6 Å². The van der Waals surface area contributed by atoms with E-state index in [1.807, 2.05) is 12.1 Å². The first-order valence-electron chi connectivity index (χ1n) is 11.7. The number of aliphatic carboxylic acids is 2. The van der Waals surface area contributed by atoms with Crippen LogP contribution in [0.3, 0.4) is 0 Å². The summed E-state index contributed by atoms with van der Waals surface area (Å²) in [7, 11) is 3.30. The van der Waals surface area contributed by atoms with E-state index in [1.54, 1.807) is 25.3 Å². The second-order valence-electron chi connectivity index (χ2n) is 8.54. The Morgan fingerprint density at radius 2 is 1.66 bits per heavy atom. The zero-order valence-corrected chi connectivity index (χ0v) is 21.7. The Morgan fingerprint density at radius 1 is 1.05 bits per heavy atom. The highest BCUT2D eigenvalue weighted by molar-refractivity contribution is 5.90. The van der Waals surface area contributed by atoms with Gasteiger partial charge in [-0.25, -0.2) is 14.6 Å². The highest BCUT2D eigenvalue weighted by atomic mass is 19.4. The number of pyridine rings is 1. The molecule has 18 heteroatoms. The zero-order valence-electron chi connectivity index (χ0n) is 21.7. The number of fused-ring (bicyclic) bond motifs is 1. The first-order chi connectivity index (χ1) is 19.0. The fourth-order valence-electron chi connectivity index (χ4n) is 3.57. The van der Waals surface area contributed by atoms with Crippen molar-refractivity contribution in [3.63, 3.8) is 0 Å². The number of carboxylic acids is 2. The van der Waals surface area contributed by atoms with Crippen LogP contribution in [0.2, 0.25) is 0 Å². The molecule has 2 N–H and O–H groups in total. The molecule has 12 nitrogen and oxygen atoms in total. The average molecular weight is 600 g/mol. The van der Waals surface area contributed by atoms with Crippen LogP contribution < -0.4 is 4.74 Å². The van der Waals surface area contributed by atoms with Crippen molar-refractivity contribution in [1.29, 1.82) is 0 Å². The Kier molecular flexibility index (Phi) is 11.5. The van der Waals surface area contributed by atoms with E-state index >= 15 is 0 Å². The van der Waals surface area contributed by atoms with Gasteiger partial charge in [-0.1, -0.05) is 0 Å². The van der Waals surface area contributed by atoms with E-state index in [-0.39, 0.29) is 17.9 Å². The van der Waals surface area contributed by atoms with Crippen molar-refractivity contribution in [3.05, 3.63) is 41.4 Å². The van der Waals surface area contributed by atoms with Crippen LogP contribution in [0.4, 0.5) is 26.3 Å². The number of nitrogens with zero attached hydrogens (tertiary/aromatic N) is 4. The number of carboxylic acid groups (broad SMARTS) is 2. The fraction of sp³-hybridized carbons (Fsp3) is 0.522. The predicted octanol–water partition coefficient (Wildman–Crippen LogP) is 2.76. The van der Waals surface area contributed by atoms with Gasteiger partial charge in [0.1, 0.15) is 11.5 Å². The maximum Gasteiger partial charge on any atom is 0.490 e. The molecule has 1 saturated heterocycles. The number of hydrogen-bond donors (Lipinski definition) is 2. The molecule has 1 unspecified atom stereocenters. The van der Waals surface area contributed by atoms with Crippen molar-refractivity contribution >= 4 is 17.8 Å². The van der Waals surface area contributed by atoms with E-state index in [0.717, 1.165) is 48.8 Å². The molecule has 0 aliphatic carbocycles. The zero-order chi connectivity index (χ0) is 31.0. The van der Waals surface area contributed by atoms with Gasteiger partial charge < -0.3 is 29.0 Å². The summed E-state index contributed by atoms with van der Waals surface area (Å²) >= 11 is 0. The molecule has 0 radical (unpaired) electrons. The molecule has 228 valence electrons. The Hall–Kier alpha value is -3.93. The molecule has 2 aromatic rings. The molecule has 4 heterocycles. The van der Waals surface area contributed by atoms with Crippen molar-refractivity contribution in [3.8, 4) is 5.75 Å². The number of methoxy groups -OCH3 is 2. The lowest BCUT2D eigenvalue weighted by molar-refractivity contribution is -0.193. The number of carbonyl (C=O) groups is 3. The molecule has 0 bridgehead atoms. The third-order valence-corrected chi connectivity index (χ3v) is 5.66. The maximum absolute atomic E-state index is 12.6. The molecule has 2 aliphatic rings. The number of rotatable bonds is 5. The Labute approximate surface area is 228 Å². The van der Waals surface area contributed by atoms with E-state index < -0.39 is 24.3 Å². The molecule has 1 fully saturated rings. The minimum Gasteiger partial charge on any atom is -0.495 e. The van der Waals surface area contributed by atoms with Gasteiger partial charge in [-0.15, -0.1) is 0 Å². The molecular weight excluding hydrogens is 574 g/mol. The molecule has 4 rings (SSSR count). The van der Waals surface area contributed by atoms with Crippen molar-refractivity contribution in [1.82, 2.24) is 19.8 Å². The van der Waals surface area contributed by atoms with E-state index in [2.05, 4.69) is 14.9 Å². The quantitative estimate of drug-likeness (QED) is 0.487. The average Bonchev–Trinajstić information content (AvgIpc) is 3.55. The van der Waals surface area contributed by atoms with E-state index in [9.17, 15) is 31.1 Å². The molecule has 0 spiro atoms. The van der Waals surface area contributed by atoms with Crippen LogP contribution in [-0.2, 0) is 33.8 Å². The van der Waals surface area contributed by atoms with Crippen LogP contribution in [0.15, 0.2) is 22.7 Å². The van der Waals surface area contributed by atoms with Crippen molar-refractivity contribution in [2.45, 2.75) is 44.4 Å². The van der Waals surface area contributed by atoms with Crippen LogP contribution in [0, 0.1) is 0 Å². The smallest absolute Gasteiger partial charge is 0.490 e. The molecular formula is C23H26F6N4O8. The van der Waals surface area contributed by atoms with Crippen molar-refractivity contribution in [2.75, 3.05) is 33.9 Å². The van der Waals surface area contributed by atoms with E-state index in [1.165, 1.54) is 0 Å². The molecule has 41 heavy (non-hydrogen) atoms. The predicted molar refractivity (Wildman–Crippen MR) is 124 cm³/mol. The van der Waals surface area contributed by atoms with Gasteiger partial charge in [0, 0.05) is 46.3 Å². The Morgan fingerprint density at radius 3 is 2.12 bits per heavy atom. The number of alkyl halides is 6. The summed E-state index contributed by atoms with van der Waals surface area (Å²) in [6, 6.07) is 3.87. The summed E-state index contributed by atoms with van der Waals surface area (Å²) in [5, 5.41) is 14.2. The summed E-state index contributed by atoms with van der Waals surface area (Å²) in [6.45, 7) is 3.50. The summed E-state index contributed by atoms with van der Waals surface area (Å²) in [6.07, 6.45) is -6.75. The summed E-state index contributed by atoms with van der Waals surface area (Å²) < 4.78 is 79.7. The number of amides is 1. The third-order valence-electron chi connectivity index (χ3n) is 5.66. The summed E-state index contributed by atoms with van der Waals surface area (Å²) in [5.41, 5.74) is 1.82. The molecule has 1 atom stereocenters. The van der Waals surface area contributed by atoms with Crippen LogP contribution in [0.25, 0.3) is 0 Å². The van der Waals surface area contributed by atoms with Gasteiger partial charge >= 0.3 is 30.2 Å². The van der Waals surface area contributed by atoms with Crippen molar-refractivity contribution in [2.24, 2.45) is 0 Å². The monoisotopic (exact) mass is 600 g/mol. The standard InChI is InChI=1S/C19H24N4O4.2C2HF3O2/c1-25-14-4-3-13(20-9-14)10-22-7-6-17-16(12-22)21-18(27-17)19(24)23-8-5-15(11-23)26-2;2*3-2(4,5)1(6)7/h3-4,9,15H,5-8,10-12H2,1-2H3;2*(H,6,7). The van der Waals surface area contributed by atoms with Gasteiger partial charge in [0.05, 0.1) is 30.8 Å². The van der Waals surface area contributed by atoms with Gasteiger partial charge in [0.25, 0.3) is 5.89 Å². The Bertz CT molecular complexity index is 1160. The lowest BCUT2D eigenvalue weighted by Crippen LogP contribution is -2.30. The van der Waals surface area contributed by atoms with Gasteiger partial charge in [-0.05, 0) is 18.6 Å². The lowest BCUT2D eigenvalue weighted by Gasteiger charge is -2.24. The first-order valence-corrected chi connectivity index (χ1v) is 11.7. The fourth-order valence-corrected chi connectivity index (χ4v) is 3.57. The molecule has 2 aliphatic heterocycles. The number of likely N-dealkylation sites (tertiary alicyclic amines) is 1. The molecule has 1 amide bonds. The van der Waals surface area contributed by atoms with Crippen LogP contribution in [-0.4, -0.2) is 100 Å². The van der Waals surface area contributed by atoms with Crippen LogP contribution in [0.5, 0.6) is 5.75 Å². The summed E-state index contributed by atoms with van der Waals surface area (Å²) in [4.78, 5) is 43.3. The largest absolute Gasteiger partial charge is 0.495 e. The molecule has 2 aromatic heterocycles. The number of hydrogen-bond acceptors (Lipinski definition) is 9. The second-order valence-corrected chi connectivity index (χ2v) is 8.54. The maximum atomic E-state index is 12.6. The number of carbonyl (C=O) groups excluding carboxylic acids is 1. The SMILES string of the molecule is COc1ccc(CN2CCc3oc(C(=O)N4CCC(OC)C4)nc3C2)nc1.O=C(O)C(F)(F)F.O=C(O)C(F)(F)F. The van der Waals surface area contributed by atoms with Gasteiger partial charge in [0.2, 0.25) is 0 Å². The topological polar surface area (TPSA) is 156 Å². The number of ether oxygens (including phenoxy) is 2. The van der Waals surface area contributed by atoms with Crippen LogP contribution in [0.1, 0.15) is 34.3 Å². The van der Waals surface area contributed by atoms with Crippen molar-refractivity contribution < 1.29 is 64.8 Å². The van der Waals surface area contributed by atoms with Crippen LogP contribution >= 0.6 is 0 Å². The number of halogens is 6. The second kappa shape index (κ2) is 14.1. The normalized spacial score (nSPS) is 17.0. The van der Waals surface area contributed by atoms with E-state index in [4.69, 9.17) is 33.7 Å². The number of oxazole rings is 1. The highest BCUT2D eigenvalue weighted by Gasteiger charge is 2.39. The van der Waals surface area contributed by atoms with Gasteiger partial charge in [0.15, 0.2) is 0 Å². The minimum absolute atomic E-state index is 0.103. The first kappa shape index (κ1) is 33.3. The molecule has 0 saturated carbocycles. The lowest BCUT2D eigenvalue weighted by atomic mass is 10.1. The Balaban J connectivity index is 0.000000349. The minimum atomic E-state index is -5.08. The highest BCUT2D eigenvalue weighted by Crippen LogP contribution is 2.23. The number of aromatic nitrogens is 2. The van der Waals surface area contributed by atoms with Gasteiger partial charge in [-0.3, -0.25) is 14.7 Å². The van der Waals surface area contributed by atoms with Gasteiger partial charge in [-0.2, -0.15) is 26.3 Å².